The van der Waals surface area contributed by atoms with Gasteiger partial charge in [0, 0.05) is 7.05 Å². The van der Waals surface area contributed by atoms with Gasteiger partial charge in [-0.1, -0.05) is 33.8 Å². The van der Waals surface area contributed by atoms with Crippen molar-refractivity contribution in [2.45, 2.75) is 33.6 Å². The number of anilines is 1. The third-order valence-corrected chi connectivity index (χ3v) is 2.12. The number of carbonyl (C=O) groups excluding carboxylic acids is 1. The van der Waals surface area contributed by atoms with Gasteiger partial charge in [-0.15, -0.1) is 0 Å². The Morgan fingerprint density at radius 2 is 1.94 bits per heavy atom. The molecule has 0 fully saturated rings. The first kappa shape index (κ1) is 14.5. The topological polar surface area (TPSA) is 38.3 Å². The van der Waals surface area contributed by atoms with E-state index < -0.39 is 0 Å². The Morgan fingerprint density at radius 1 is 1.31 bits per heavy atom. The van der Waals surface area contributed by atoms with Crippen LogP contribution in [-0.4, -0.2) is 13.5 Å². The van der Waals surface area contributed by atoms with Crippen LogP contribution in [0.4, 0.5) is 5.69 Å². The van der Waals surface area contributed by atoms with E-state index in [2.05, 4.69) is 19.2 Å². The van der Waals surface area contributed by atoms with Crippen molar-refractivity contribution in [2.24, 2.45) is 0 Å². The van der Waals surface area contributed by atoms with Crippen LogP contribution < -0.4 is 10.1 Å². The third-order valence-electron chi connectivity index (χ3n) is 2.12. The maximum absolute atomic E-state index is 10.3. The van der Waals surface area contributed by atoms with Crippen molar-refractivity contribution >= 4 is 12.2 Å². The molecule has 0 unspecified atom stereocenters. The van der Waals surface area contributed by atoms with Crippen molar-refractivity contribution in [3.8, 4) is 5.75 Å². The highest BCUT2D eigenvalue weighted by atomic mass is 16.5. The number of hydrogen-bond acceptors (Lipinski definition) is 3. The molecule has 0 aliphatic heterocycles. The molecular weight excluding hydrogens is 202 g/mol. The van der Waals surface area contributed by atoms with Crippen LogP contribution in [0.3, 0.4) is 0 Å². The smallest absolute Gasteiger partial charge is 0.298 e. The van der Waals surface area contributed by atoms with E-state index in [-0.39, 0.29) is 0 Å². The standard InChI is InChI=1S/C11H15NO2.C2H6/c1-8(2)9-4-5-10(12-3)11(6-9)14-7-13;1-2/h4-8,12H,1-3H3;1-2H3. The van der Waals surface area contributed by atoms with Crippen molar-refractivity contribution in [3.63, 3.8) is 0 Å². The zero-order valence-electron chi connectivity index (χ0n) is 10.7. The predicted molar refractivity (Wildman–Crippen MR) is 68.1 cm³/mol. The van der Waals surface area contributed by atoms with Crippen molar-refractivity contribution in [3.05, 3.63) is 23.8 Å². The first-order valence-electron chi connectivity index (χ1n) is 5.61. The van der Waals surface area contributed by atoms with Gasteiger partial charge in [-0.25, -0.2) is 0 Å². The fourth-order valence-corrected chi connectivity index (χ4v) is 1.25. The molecule has 1 N–H and O–H groups in total. The molecule has 1 aromatic carbocycles. The van der Waals surface area contributed by atoms with Gasteiger partial charge in [0.05, 0.1) is 5.69 Å². The summed E-state index contributed by atoms with van der Waals surface area (Å²) in [7, 11) is 1.79. The van der Waals surface area contributed by atoms with Crippen LogP contribution in [0.2, 0.25) is 0 Å². The van der Waals surface area contributed by atoms with Crippen LogP contribution >= 0.6 is 0 Å². The fraction of sp³-hybridized carbons (Fsp3) is 0.462. The number of carbonyl (C=O) groups is 1. The lowest BCUT2D eigenvalue weighted by atomic mass is 10.0. The van der Waals surface area contributed by atoms with Gasteiger partial charge >= 0.3 is 0 Å². The fourth-order valence-electron chi connectivity index (χ4n) is 1.25. The predicted octanol–water partition coefficient (Wildman–Crippen LogP) is 3.41. The van der Waals surface area contributed by atoms with Gasteiger partial charge in [0.15, 0.2) is 5.75 Å². The van der Waals surface area contributed by atoms with E-state index in [9.17, 15) is 4.79 Å². The van der Waals surface area contributed by atoms with E-state index >= 15 is 0 Å². The zero-order valence-corrected chi connectivity index (χ0v) is 10.7. The van der Waals surface area contributed by atoms with E-state index in [1.807, 2.05) is 32.0 Å². The lowest BCUT2D eigenvalue weighted by Crippen LogP contribution is -1.98. The third kappa shape index (κ3) is 3.93. The Balaban J connectivity index is 0.00000106. The van der Waals surface area contributed by atoms with Crippen LogP contribution in [0.1, 0.15) is 39.2 Å². The molecule has 0 saturated heterocycles. The lowest BCUT2D eigenvalue weighted by Gasteiger charge is -2.11. The Kier molecular flexibility index (Phi) is 7.01. The van der Waals surface area contributed by atoms with Crippen LogP contribution in [-0.2, 0) is 4.79 Å². The van der Waals surface area contributed by atoms with Crippen molar-refractivity contribution in [2.75, 3.05) is 12.4 Å². The number of rotatable bonds is 4. The highest BCUT2D eigenvalue weighted by Gasteiger charge is 2.05. The number of ether oxygens (including phenoxy) is 1. The summed E-state index contributed by atoms with van der Waals surface area (Å²) in [4.78, 5) is 10.3. The molecule has 90 valence electrons. The molecule has 0 atom stereocenters. The Labute approximate surface area is 97.8 Å². The first-order valence-corrected chi connectivity index (χ1v) is 5.61. The van der Waals surface area contributed by atoms with Gasteiger partial charge in [-0.2, -0.15) is 0 Å². The first-order chi connectivity index (χ1) is 7.69. The molecule has 0 amide bonds. The normalized spacial score (nSPS) is 9.12. The summed E-state index contributed by atoms with van der Waals surface area (Å²) in [5.74, 6) is 1.00. The van der Waals surface area contributed by atoms with Crippen LogP contribution in [0.5, 0.6) is 5.75 Å². The van der Waals surface area contributed by atoms with Gasteiger partial charge in [-0.3, -0.25) is 4.79 Å². The highest BCUT2D eigenvalue weighted by molar-refractivity contribution is 5.61. The van der Waals surface area contributed by atoms with Crippen LogP contribution in [0.25, 0.3) is 0 Å². The molecular formula is C13H21NO2. The summed E-state index contributed by atoms with van der Waals surface area (Å²) in [5.41, 5.74) is 1.97. The van der Waals surface area contributed by atoms with E-state index in [0.29, 0.717) is 18.1 Å². The molecule has 16 heavy (non-hydrogen) atoms. The molecule has 0 spiro atoms. The number of nitrogens with one attached hydrogen (secondary N) is 1. The van der Waals surface area contributed by atoms with E-state index in [0.717, 1.165) is 11.3 Å². The molecule has 0 heterocycles. The molecule has 0 aliphatic carbocycles. The van der Waals surface area contributed by atoms with Crippen LogP contribution in [0, 0.1) is 0 Å². The second kappa shape index (κ2) is 7.74. The van der Waals surface area contributed by atoms with Crippen molar-refractivity contribution in [1.29, 1.82) is 0 Å². The summed E-state index contributed by atoms with van der Waals surface area (Å²) in [6.45, 7) is 8.64. The molecule has 1 rings (SSSR count). The minimum absolute atomic E-state index is 0.426. The van der Waals surface area contributed by atoms with E-state index in [1.165, 1.54) is 0 Å². The molecule has 0 aromatic heterocycles. The van der Waals surface area contributed by atoms with E-state index in [4.69, 9.17) is 4.74 Å². The lowest BCUT2D eigenvalue weighted by molar-refractivity contribution is -0.120. The molecule has 0 bridgehead atoms. The molecule has 0 aliphatic rings. The highest BCUT2D eigenvalue weighted by Crippen LogP contribution is 2.28. The number of benzene rings is 1. The van der Waals surface area contributed by atoms with Crippen molar-refractivity contribution < 1.29 is 9.53 Å². The van der Waals surface area contributed by atoms with Gasteiger partial charge < -0.3 is 10.1 Å². The van der Waals surface area contributed by atoms with Crippen LogP contribution in [0.15, 0.2) is 18.2 Å². The summed E-state index contributed by atoms with van der Waals surface area (Å²) in [6.07, 6.45) is 0. The average Bonchev–Trinajstić information content (AvgIpc) is 2.32. The Morgan fingerprint density at radius 3 is 2.38 bits per heavy atom. The summed E-state index contributed by atoms with van der Waals surface area (Å²) >= 11 is 0. The minimum atomic E-state index is 0.426. The SMILES string of the molecule is CC.CNc1ccc(C(C)C)cc1OC=O. The maximum atomic E-state index is 10.3. The molecule has 3 heteroatoms. The van der Waals surface area contributed by atoms with Gasteiger partial charge in [0.25, 0.3) is 6.47 Å². The van der Waals surface area contributed by atoms with Gasteiger partial charge in [-0.05, 0) is 23.6 Å². The summed E-state index contributed by atoms with van der Waals surface area (Å²) < 4.78 is 4.88. The molecule has 0 radical (unpaired) electrons. The van der Waals surface area contributed by atoms with Gasteiger partial charge in [0.1, 0.15) is 0 Å². The molecule has 3 nitrogen and oxygen atoms in total. The second-order valence-electron chi connectivity index (χ2n) is 3.37. The summed E-state index contributed by atoms with van der Waals surface area (Å²) in [5, 5.41) is 2.96. The molecule has 0 saturated carbocycles. The Hall–Kier alpha value is -1.51. The zero-order chi connectivity index (χ0) is 12.6. The summed E-state index contributed by atoms with van der Waals surface area (Å²) in [6, 6.07) is 5.81. The number of hydrogen-bond donors (Lipinski definition) is 1. The largest absolute Gasteiger partial charge is 0.427 e. The monoisotopic (exact) mass is 223 g/mol. The second-order valence-corrected chi connectivity index (χ2v) is 3.37. The van der Waals surface area contributed by atoms with Crippen molar-refractivity contribution in [1.82, 2.24) is 0 Å². The Bertz CT molecular complexity index is 322. The van der Waals surface area contributed by atoms with E-state index in [1.54, 1.807) is 7.05 Å². The average molecular weight is 223 g/mol. The quantitative estimate of drug-likeness (QED) is 0.795. The maximum Gasteiger partial charge on any atom is 0.298 e. The van der Waals surface area contributed by atoms with Gasteiger partial charge in [0.2, 0.25) is 0 Å². The minimum Gasteiger partial charge on any atom is -0.427 e. The molecule has 1 aromatic rings.